The van der Waals surface area contributed by atoms with Crippen molar-refractivity contribution in [2.24, 2.45) is 0 Å². The van der Waals surface area contributed by atoms with E-state index in [1.807, 2.05) is 18.2 Å². The molecule has 162 valence electrons. The van der Waals surface area contributed by atoms with Crippen molar-refractivity contribution >= 4 is 11.6 Å². The Balaban J connectivity index is 1.64. The Morgan fingerprint density at radius 3 is 2.40 bits per heavy atom. The molecule has 0 spiro atoms. The van der Waals surface area contributed by atoms with E-state index in [1.165, 1.54) is 6.07 Å². The third kappa shape index (κ3) is 3.94. The highest BCUT2D eigenvalue weighted by Crippen LogP contribution is 2.40. The van der Waals surface area contributed by atoms with E-state index >= 15 is 0 Å². The fourth-order valence-corrected chi connectivity index (χ4v) is 3.99. The van der Waals surface area contributed by atoms with Gasteiger partial charge >= 0.3 is 0 Å². The van der Waals surface area contributed by atoms with Crippen LogP contribution in [-0.4, -0.2) is 69.8 Å². The summed E-state index contributed by atoms with van der Waals surface area (Å²) >= 11 is 6.33. The summed E-state index contributed by atoms with van der Waals surface area (Å²) in [4.78, 5) is 0. The maximum absolute atomic E-state index is 10.4. The molecule has 30 heavy (non-hydrogen) atoms. The highest BCUT2D eigenvalue weighted by atomic mass is 35.5. The molecule has 1 fully saturated rings. The third-order valence-electron chi connectivity index (χ3n) is 5.40. The second-order valence-electron chi connectivity index (χ2n) is 7.41. The van der Waals surface area contributed by atoms with Crippen molar-refractivity contribution in [3.63, 3.8) is 0 Å². The molecule has 0 aromatic heterocycles. The average Bonchev–Trinajstić information content (AvgIpc) is 2.74. The van der Waals surface area contributed by atoms with E-state index in [2.05, 4.69) is 0 Å². The maximum Gasteiger partial charge on any atom is 0.161 e. The number of aliphatic hydroxyl groups is 4. The van der Waals surface area contributed by atoms with Gasteiger partial charge in [-0.2, -0.15) is 0 Å². The van der Waals surface area contributed by atoms with Crippen LogP contribution in [0.15, 0.2) is 30.3 Å². The van der Waals surface area contributed by atoms with Gasteiger partial charge in [-0.15, -0.1) is 0 Å². The van der Waals surface area contributed by atoms with Gasteiger partial charge in [-0.25, -0.2) is 0 Å². The molecule has 0 aliphatic carbocycles. The molecule has 0 bridgehead atoms. The van der Waals surface area contributed by atoms with E-state index in [9.17, 15) is 25.5 Å². The zero-order valence-corrected chi connectivity index (χ0v) is 16.7. The zero-order valence-electron chi connectivity index (χ0n) is 15.9. The zero-order chi connectivity index (χ0) is 21.4. The van der Waals surface area contributed by atoms with Crippen LogP contribution in [0.5, 0.6) is 17.2 Å². The summed E-state index contributed by atoms with van der Waals surface area (Å²) in [6.07, 6.45) is -6.36. The summed E-state index contributed by atoms with van der Waals surface area (Å²) in [5.41, 5.74) is 1.74. The molecule has 5 N–H and O–H groups in total. The van der Waals surface area contributed by atoms with E-state index in [0.717, 1.165) is 5.56 Å². The largest absolute Gasteiger partial charge is 0.508 e. The number of aliphatic hydroxyl groups excluding tert-OH is 4. The predicted octanol–water partition coefficient (Wildman–Crippen LogP) is 0.922. The molecule has 0 saturated carbocycles. The van der Waals surface area contributed by atoms with Crippen molar-refractivity contribution < 1.29 is 39.7 Å². The maximum atomic E-state index is 10.4. The van der Waals surface area contributed by atoms with E-state index in [4.69, 9.17) is 25.8 Å². The lowest BCUT2D eigenvalue weighted by Gasteiger charge is -2.40. The van der Waals surface area contributed by atoms with Gasteiger partial charge in [-0.1, -0.05) is 17.7 Å². The lowest BCUT2D eigenvalue weighted by atomic mass is 9.89. The van der Waals surface area contributed by atoms with Crippen molar-refractivity contribution in [2.45, 2.75) is 36.9 Å². The van der Waals surface area contributed by atoms with Crippen LogP contribution >= 0.6 is 11.6 Å². The molecule has 5 atom stereocenters. The van der Waals surface area contributed by atoms with Crippen LogP contribution in [0.2, 0.25) is 5.02 Å². The number of benzene rings is 2. The van der Waals surface area contributed by atoms with Crippen molar-refractivity contribution in [1.29, 1.82) is 0 Å². The molecule has 9 heteroatoms. The molecule has 8 nitrogen and oxygen atoms in total. The van der Waals surface area contributed by atoms with E-state index in [-0.39, 0.29) is 11.3 Å². The van der Waals surface area contributed by atoms with Crippen LogP contribution in [0.4, 0.5) is 0 Å². The first-order valence-corrected chi connectivity index (χ1v) is 9.97. The van der Waals surface area contributed by atoms with Crippen LogP contribution in [0.1, 0.15) is 22.8 Å². The Labute approximate surface area is 177 Å². The Morgan fingerprint density at radius 1 is 0.933 bits per heavy atom. The van der Waals surface area contributed by atoms with Crippen molar-refractivity contribution in [2.75, 3.05) is 19.8 Å². The van der Waals surface area contributed by atoms with E-state index < -0.39 is 37.1 Å². The molecule has 2 aliphatic rings. The third-order valence-corrected chi connectivity index (χ3v) is 5.75. The Kier molecular flexibility index (Phi) is 6.06. The summed E-state index contributed by atoms with van der Waals surface area (Å²) in [6.45, 7) is 0.413. The van der Waals surface area contributed by atoms with Gasteiger partial charge in [0.25, 0.3) is 0 Å². The van der Waals surface area contributed by atoms with Gasteiger partial charge in [0, 0.05) is 10.6 Å². The second-order valence-corrected chi connectivity index (χ2v) is 7.81. The topological polar surface area (TPSA) is 129 Å². The number of phenolic OH excluding ortho intramolecular Hbond substituents is 1. The summed E-state index contributed by atoms with van der Waals surface area (Å²) in [5.74, 6) is 1.09. The SMILES string of the molecule is OCC1OC(c2cc(Cc3ccc4c(c3)OCCO4)c(Cl)cc2O)C(O)C(O)C1O. The lowest BCUT2D eigenvalue weighted by molar-refractivity contribution is -0.232. The Bertz CT molecular complexity index is 918. The fraction of sp³-hybridized carbons (Fsp3) is 0.429. The number of fused-ring (bicyclic) bond motifs is 1. The average molecular weight is 439 g/mol. The van der Waals surface area contributed by atoms with Gasteiger partial charge in [0.1, 0.15) is 49.5 Å². The van der Waals surface area contributed by atoms with Crippen molar-refractivity contribution in [3.8, 4) is 17.2 Å². The summed E-state index contributed by atoms with van der Waals surface area (Å²) < 4.78 is 16.7. The van der Waals surface area contributed by atoms with E-state index in [1.54, 1.807) is 6.07 Å². The molecular formula is C21H23ClO8. The first-order valence-electron chi connectivity index (χ1n) is 9.59. The molecule has 4 rings (SSSR count). The van der Waals surface area contributed by atoms with Crippen LogP contribution in [0.3, 0.4) is 0 Å². The Hall–Kier alpha value is -2.07. The first kappa shape index (κ1) is 21.2. The minimum atomic E-state index is -1.54. The lowest BCUT2D eigenvalue weighted by Crippen LogP contribution is -2.55. The summed E-state index contributed by atoms with van der Waals surface area (Å²) in [5, 5.41) is 50.6. The fourth-order valence-electron chi connectivity index (χ4n) is 3.77. The van der Waals surface area contributed by atoms with Gasteiger partial charge in [-0.3, -0.25) is 0 Å². The molecule has 1 saturated heterocycles. The van der Waals surface area contributed by atoms with Crippen LogP contribution in [0, 0.1) is 0 Å². The number of halogens is 1. The molecule has 2 aliphatic heterocycles. The van der Waals surface area contributed by atoms with Crippen molar-refractivity contribution in [1.82, 2.24) is 0 Å². The minimum absolute atomic E-state index is 0.198. The number of hydrogen-bond acceptors (Lipinski definition) is 8. The van der Waals surface area contributed by atoms with Crippen molar-refractivity contribution in [3.05, 3.63) is 52.0 Å². The molecule has 2 aromatic rings. The highest BCUT2D eigenvalue weighted by Gasteiger charge is 2.44. The molecule has 0 radical (unpaired) electrons. The minimum Gasteiger partial charge on any atom is -0.508 e. The second kappa shape index (κ2) is 8.58. The number of aromatic hydroxyl groups is 1. The van der Waals surface area contributed by atoms with Gasteiger partial charge in [0.2, 0.25) is 0 Å². The van der Waals surface area contributed by atoms with Gasteiger partial charge in [-0.05, 0) is 41.8 Å². The smallest absolute Gasteiger partial charge is 0.161 e. The molecular weight excluding hydrogens is 416 g/mol. The summed E-state index contributed by atoms with van der Waals surface area (Å²) in [7, 11) is 0. The van der Waals surface area contributed by atoms with Gasteiger partial charge in [0.15, 0.2) is 11.5 Å². The van der Waals surface area contributed by atoms with E-state index in [0.29, 0.717) is 41.7 Å². The number of ether oxygens (including phenoxy) is 3. The van der Waals surface area contributed by atoms with Gasteiger partial charge < -0.3 is 39.7 Å². The first-order chi connectivity index (χ1) is 14.4. The summed E-state index contributed by atoms with van der Waals surface area (Å²) in [6, 6.07) is 8.47. The van der Waals surface area contributed by atoms with Crippen LogP contribution < -0.4 is 9.47 Å². The highest BCUT2D eigenvalue weighted by molar-refractivity contribution is 6.31. The van der Waals surface area contributed by atoms with Gasteiger partial charge in [0.05, 0.1) is 6.61 Å². The number of hydrogen-bond donors (Lipinski definition) is 5. The Morgan fingerprint density at radius 2 is 1.67 bits per heavy atom. The normalized spacial score (nSPS) is 28.4. The van der Waals surface area contributed by atoms with Crippen LogP contribution in [0.25, 0.3) is 0 Å². The van der Waals surface area contributed by atoms with Crippen LogP contribution in [-0.2, 0) is 11.2 Å². The molecule has 0 amide bonds. The quantitative estimate of drug-likeness (QED) is 0.476. The molecule has 2 heterocycles. The molecule has 2 aromatic carbocycles. The monoisotopic (exact) mass is 438 g/mol. The predicted molar refractivity (Wildman–Crippen MR) is 106 cm³/mol. The number of rotatable bonds is 4. The molecule has 5 unspecified atom stereocenters. The number of phenols is 1. The standard InChI is InChI=1S/C21H23ClO8/c22-13-8-14(24)12(21-20(27)19(26)18(25)17(9-23)30-21)7-11(13)5-10-1-2-15-16(6-10)29-4-3-28-15/h1-2,6-8,17-21,23-27H,3-5,9H2.